The summed E-state index contributed by atoms with van der Waals surface area (Å²) in [4.78, 5) is 49.0. The molecule has 142 valence electrons. The highest BCUT2D eigenvalue weighted by Crippen LogP contribution is 2.35. The van der Waals surface area contributed by atoms with Crippen molar-refractivity contribution in [1.82, 2.24) is 9.55 Å². The Morgan fingerprint density at radius 2 is 2.00 bits per heavy atom. The van der Waals surface area contributed by atoms with Crippen molar-refractivity contribution in [3.05, 3.63) is 22.7 Å². The van der Waals surface area contributed by atoms with Gasteiger partial charge in [0.2, 0.25) is 5.91 Å². The Hall–Kier alpha value is -2.27. The maximum absolute atomic E-state index is 12.3. The van der Waals surface area contributed by atoms with Gasteiger partial charge in [-0.25, -0.2) is 4.79 Å². The summed E-state index contributed by atoms with van der Waals surface area (Å²) in [5.74, 6) is -1.32. The standard InChI is InChI=1S/C15H18BrN3O7/c1-7(20)17-11-4-5-19(15(23)18-11)14-13(25-9(3)22)12(16)10(26-14)6-24-8(2)21/h4-5,10,12-14H,6H2,1-3H3,(H,17,18,20,23)/t10-,12-,13-,14-/m1/s1. The predicted molar refractivity (Wildman–Crippen MR) is 91.6 cm³/mol. The average molecular weight is 432 g/mol. The first kappa shape index (κ1) is 20.0. The van der Waals surface area contributed by atoms with Crippen molar-refractivity contribution in [2.75, 3.05) is 11.9 Å². The van der Waals surface area contributed by atoms with Crippen molar-refractivity contribution in [1.29, 1.82) is 0 Å². The number of rotatable bonds is 5. The second-order valence-corrected chi connectivity index (χ2v) is 6.63. The summed E-state index contributed by atoms with van der Waals surface area (Å²) in [6.07, 6.45) is -1.10. The normalized spacial score (nSPS) is 24.8. The van der Waals surface area contributed by atoms with Gasteiger partial charge in [-0.15, -0.1) is 0 Å². The third-order valence-corrected chi connectivity index (χ3v) is 4.54. The van der Waals surface area contributed by atoms with Crippen molar-refractivity contribution in [2.45, 2.75) is 44.0 Å². The quantitative estimate of drug-likeness (QED) is 0.522. The molecule has 1 aliphatic rings. The maximum atomic E-state index is 12.3. The van der Waals surface area contributed by atoms with Crippen molar-refractivity contribution in [2.24, 2.45) is 0 Å². The maximum Gasteiger partial charge on any atom is 0.351 e. The van der Waals surface area contributed by atoms with E-state index < -0.39 is 40.9 Å². The topological polar surface area (TPSA) is 126 Å². The van der Waals surface area contributed by atoms with Gasteiger partial charge in [-0.3, -0.25) is 19.0 Å². The number of hydrogen-bond donors (Lipinski definition) is 1. The summed E-state index contributed by atoms with van der Waals surface area (Å²) >= 11 is 3.37. The van der Waals surface area contributed by atoms with Gasteiger partial charge in [0.1, 0.15) is 18.5 Å². The summed E-state index contributed by atoms with van der Waals surface area (Å²) in [7, 11) is 0. The van der Waals surface area contributed by atoms with Crippen LogP contribution >= 0.6 is 15.9 Å². The summed E-state index contributed by atoms with van der Waals surface area (Å²) in [6.45, 7) is 3.70. The number of ether oxygens (including phenoxy) is 3. The number of aromatic nitrogens is 2. The Morgan fingerprint density at radius 1 is 1.31 bits per heavy atom. The summed E-state index contributed by atoms with van der Waals surface area (Å²) in [6, 6.07) is 1.42. The van der Waals surface area contributed by atoms with Crippen LogP contribution in [0.2, 0.25) is 0 Å². The summed E-state index contributed by atoms with van der Waals surface area (Å²) < 4.78 is 17.1. The van der Waals surface area contributed by atoms with Gasteiger partial charge in [0.25, 0.3) is 0 Å². The Kier molecular flexibility index (Phi) is 6.48. The van der Waals surface area contributed by atoms with Crippen LogP contribution in [0.15, 0.2) is 17.1 Å². The van der Waals surface area contributed by atoms with E-state index in [0.29, 0.717) is 0 Å². The summed E-state index contributed by atoms with van der Waals surface area (Å²) in [5.41, 5.74) is -0.703. The van der Waals surface area contributed by atoms with Crippen LogP contribution in [0.4, 0.5) is 5.82 Å². The molecule has 0 bridgehead atoms. The predicted octanol–water partition coefficient (Wildman–Crippen LogP) is 0.357. The fourth-order valence-electron chi connectivity index (χ4n) is 2.43. The van der Waals surface area contributed by atoms with E-state index in [9.17, 15) is 19.2 Å². The monoisotopic (exact) mass is 431 g/mol. The number of carbonyl (C=O) groups is 3. The fraction of sp³-hybridized carbons (Fsp3) is 0.533. The molecule has 0 radical (unpaired) electrons. The smallest absolute Gasteiger partial charge is 0.351 e. The lowest BCUT2D eigenvalue weighted by Gasteiger charge is -2.21. The van der Waals surface area contributed by atoms with Crippen LogP contribution in [0.1, 0.15) is 27.0 Å². The molecule has 4 atom stereocenters. The lowest BCUT2D eigenvalue weighted by molar-refractivity contribution is -0.153. The van der Waals surface area contributed by atoms with Crippen molar-refractivity contribution < 1.29 is 28.6 Å². The molecule has 1 aromatic heterocycles. The molecule has 0 aromatic carbocycles. The molecule has 2 rings (SSSR count). The SMILES string of the molecule is CC(=O)Nc1ccn([C@@H]2O[C@H](COC(C)=O)[C@@H](Br)[C@H]2OC(C)=O)c(=O)n1. The van der Waals surface area contributed by atoms with Crippen LogP contribution in [0.5, 0.6) is 0 Å². The number of anilines is 1. The fourth-order valence-corrected chi connectivity index (χ4v) is 3.07. The molecule has 1 fully saturated rings. The Bertz CT molecular complexity index is 766. The van der Waals surface area contributed by atoms with E-state index in [4.69, 9.17) is 14.2 Å². The van der Waals surface area contributed by atoms with Gasteiger partial charge in [-0.1, -0.05) is 15.9 Å². The molecular formula is C15H18BrN3O7. The van der Waals surface area contributed by atoms with Gasteiger partial charge >= 0.3 is 17.6 Å². The Morgan fingerprint density at radius 3 is 2.54 bits per heavy atom. The number of halogens is 1. The second kappa shape index (κ2) is 8.41. The van der Waals surface area contributed by atoms with Crippen LogP contribution in [0.25, 0.3) is 0 Å². The van der Waals surface area contributed by atoms with Gasteiger partial charge in [0, 0.05) is 27.0 Å². The van der Waals surface area contributed by atoms with E-state index in [0.717, 1.165) is 4.57 Å². The van der Waals surface area contributed by atoms with E-state index in [1.165, 1.54) is 33.0 Å². The van der Waals surface area contributed by atoms with E-state index in [2.05, 4.69) is 26.2 Å². The molecule has 1 amide bonds. The van der Waals surface area contributed by atoms with Crippen molar-refractivity contribution >= 4 is 39.6 Å². The highest BCUT2D eigenvalue weighted by Gasteiger charge is 2.47. The molecule has 0 spiro atoms. The zero-order chi connectivity index (χ0) is 19.4. The second-order valence-electron chi connectivity index (χ2n) is 5.57. The van der Waals surface area contributed by atoms with Crippen LogP contribution < -0.4 is 11.0 Å². The molecule has 10 nitrogen and oxygen atoms in total. The van der Waals surface area contributed by atoms with Gasteiger partial charge in [0.15, 0.2) is 12.3 Å². The molecule has 2 heterocycles. The first-order valence-corrected chi connectivity index (χ1v) is 8.57. The van der Waals surface area contributed by atoms with Gasteiger partial charge < -0.3 is 19.5 Å². The zero-order valence-corrected chi connectivity index (χ0v) is 15.9. The molecule has 0 saturated carbocycles. The first-order valence-electron chi connectivity index (χ1n) is 7.66. The minimum absolute atomic E-state index is 0.0777. The Balaban J connectivity index is 2.29. The molecule has 0 aliphatic carbocycles. The van der Waals surface area contributed by atoms with Crippen LogP contribution in [-0.2, 0) is 28.6 Å². The number of alkyl halides is 1. The van der Waals surface area contributed by atoms with E-state index in [1.807, 2.05) is 0 Å². The van der Waals surface area contributed by atoms with Gasteiger partial charge in [0.05, 0.1) is 4.83 Å². The zero-order valence-electron chi connectivity index (χ0n) is 14.3. The number of nitrogens with zero attached hydrogens (tertiary/aromatic N) is 2. The number of nitrogens with one attached hydrogen (secondary N) is 1. The minimum Gasteiger partial charge on any atom is -0.463 e. The van der Waals surface area contributed by atoms with Crippen LogP contribution in [0, 0.1) is 0 Å². The van der Waals surface area contributed by atoms with Crippen LogP contribution in [-0.4, -0.2) is 51.0 Å². The third-order valence-electron chi connectivity index (χ3n) is 3.43. The number of amides is 1. The molecule has 1 saturated heterocycles. The van der Waals surface area contributed by atoms with Crippen molar-refractivity contribution in [3.8, 4) is 0 Å². The molecule has 1 aromatic rings. The third kappa shape index (κ3) is 4.88. The van der Waals surface area contributed by atoms with Gasteiger partial charge in [-0.2, -0.15) is 4.98 Å². The van der Waals surface area contributed by atoms with E-state index >= 15 is 0 Å². The molecule has 0 unspecified atom stereocenters. The van der Waals surface area contributed by atoms with E-state index in [-0.39, 0.29) is 18.3 Å². The highest BCUT2D eigenvalue weighted by atomic mass is 79.9. The highest BCUT2D eigenvalue weighted by molar-refractivity contribution is 9.09. The largest absolute Gasteiger partial charge is 0.463 e. The molecule has 11 heteroatoms. The summed E-state index contributed by atoms with van der Waals surface area (Å²) in [5, 5.41) is 2.40. The molecule has 1 aliphatic heterocycles. The average Bonchev–Trinajstić information content (AvgIpc) is 2.81. The first-order chi connectivity index (χ1) is 12.2. The van der Waals surface area contributed by atoms with Gasteiger partial charge in [-0.05, 0) is 6.07 Å². The Labute approximate surface area is 156 Å². The van der Waals surface area contributed by atoms with Crippen LogP contribution in [0.3, 0.4) is 0 Å². The molecular weight excluding hydrogens is 414 g/mol. The lowest BCUT2D eigenvalue weighted by atomic mass is 10.2. The number of esters is 2. The number of hydrogen-bond acceptors (Lipinski definition) is 8. The number of carbonyl (C=O) groups excluding carboxylic acids is 3. The minimum atomic E-state index is -0.977. The van der Waals surface area contributed by atoms with Crippen molar-refractivity contribution in [3.63, 3.8) is 0 Å². The molecule has 26 heavy (non-hydrogen) atoms. The van der Waals surface area contributed by atoms with E-state index in [1.54, 1.807) is 0 Å². The molecule has 1 N–H and O–H groups in total. The lowest BCUT2D eigenvalue weighted by Crippen LogP contribution is -2.36.